The van der Waals surface area contributed by atoms with Crippen LogP contribution in [0.25, 0.3) is 0 Å². The van der Waals surface area contributed by atoms with E-state index in [1.807, 2.05) is 5.38 Å². The summed E-state index contributed by atoms with van der Waals surface area (Å²) in [6, 6.07) is 0. The van der Waals surface area contributed by atoms with Crippen molar-refractivity contribution < 1.29 is 0 Å². The zero-order valence-corrected chi connectivity index (χ0v) is 11.7. The van der Waals surface area contributed by atoms with Gasteiger partial charge in [-0.05, 0) is 15.9 Å². The van der Waals surface area contributed by atoms with Gasteiger partial charge in [-0.25, -0.2) is 9.67 Å². The standard InChI is InChI=1S/C11H9BrN4OS/c1-2-3-16-11(17)10(12)9(5-15-16)13-4-8-6-18-7-14-8/h1,5-7,13H,3-4H2. The van der Waals surface area contributed by atoms with Crippen molar-refractivity contribution in [1.82, 2.24) is 14.8 Å². The first-order valence-corrected chi connectivity index (χ1v) is 6.76. The summed E-state index contributed by atoms with van der Waals surface area (Å²) in [4.78, 5) is 16.0. The molecule has 7 heteroatoms. The van der Waals surface area contributed by atoms with Gasteiger partial charge in [-0.2, -0.15) is 5.10 Å². The minimum atomic E-state index is -0.253. The first kappa shape index (κ1) is 12.8. The SMILES string of the molecule is C#CCn1ncc(NCc2cscn2)c(Br)c1=O. The Morgan fingerprint density at radius 1 is 1.61 bits per heavy atom. The molecule has 18 heavy (non-hydrogen) atoms. The summed E-state index contributed by atoms with van der Waals surface area (Å²) in [5.41, 5.74) is 3.05. The topological polar surface area (TPSA) is 59.8 Å². The van der Waals surface area contributed by atoms with Gasteiger partial charge in [-0.1, -0.05) is 5.92 Å². The Bertz CT molecular complexity index is 629. The smallest absolute Gasteiger partial charge is 0.284 e. The van der Waals surface area contributed by atoms with Gasteiger partial charge in [-0.3, -0.25) is 4.79 Å². The van der Waals surface area contributed by atoms with E-state index in [0.717, 1.165) is 5.69 Å². The van der Waals surface area contributed by atoms with Crippen molar-refractivity contribution in [3.05, 3.63) is 37.6 Å². The second-order valence-electron chi connectivity index (χ2n) is 3.37. The molecule has 0 aromatic carbocycles. The average Bonchev–Trinajstić information content (AvgIpc) is 2.87. The summed E-state index contributed by atoms with van der Waals surface area (Å²) >= 11 is 4.77. The first-order valence-electron chi connectivity index (χ1n) is 5.02. The highest BCUT2D eigenvalue weighted by molar-refractivity contribution is 9.10. The largest absolute Gasteiger partial charge is 0.377 e. The van der Waals surface area contributed by atoms with Crippen LogP contribution in [0, 0.1) is 12.3 Å². The van der Waals surface area contributed by atoms with Crippen LogP contribution in [0.4, 0.5) is 5.69 Å². The molecule has 92 valence electrons. The number of nitrogens with one attached hydrogen (secondary N) is 1. The predicted octanol–water partition coefficient (Wildman–Crippen LogP) is 1.71. The van der Waals surface area contributed by atoms with Gasteiger partial charge in [-0.15, -0.1) is 17.8 Å². The van der Waals surface area contributed by atoms with Crippen molar-refractivity contribution in [2.24, 2.45) is 0 Å². The Balaban J connectivity index is 2.17. The molecule has 5 nitrogen and oxygen atoms in total. The van der Waals surface area contributed by atoms with Crippen LogP contribution in [0.5, 0.6) is 0 Å². The Labute approximate surface area is 116 Å². The fraction of sp³-hybridized carbons (Fsp3) is 0.182. The Morgan fingerprint density at radius 3 is 3.11 bits per heavy atom. The lowest BCUT2D eigenvalue weighted by Gasteiger charge is -2.07. The van der Waals surface area contributed by atoms with Gasteiger partial charge in [0.15, 0.2) is 0 Å². The maximum absolute atomic E-state index is 11.8. The molecule has 2 aromatic heterocycles. The van der Waals surface area contributed by atoms with Gasteiger partial charge >= 0.3 is 0 Å². The molecule has 2 rings (SSSR count). The van der Waals surface area contributed by atoms with Crippen molar-refractivity contribution in [2.75, 3.05) is 5.32 Å². The minimum absolute atomic E-state index is 0.157. The van der Waals surface area contributed by atoms with E-state index in [9.17, 15) is 4.79 Å². The highest BCUT2D eigenvalue weighted by Gasteiger charge is 2.08. The minimum Gasteiger partial charge on any atom is -0.377 e. The lowest BCUT2D eigenvalue weighted by molar-refractivity contribution is 0.659. The number of hydrogen-bond donors (Lipinski definition) is 1. The number of aromatic nitrogens is 3. The molecule has 0 amide bonds. The molecule has 0 fully saturated rings. The molecule has 0 atom stereocenters. The molecule has 0 aliphatic carbocycles. The van der Waals surface area contributed by atoms with Crippen LogP contribution < -0.4 is 10.9 Å². The lowest BCUT2D eigenvalue weighted by Crippen LogP contribution is -2.24. The van der Waals surface area contributed by atoms with Crippen LogP contribution >= 0.6 is 27.3 Å². The summed E-state index contributed by atoms with van der Waals surface area (Å²) in [6.45, 7) is 0.701. The number of thiazole rings is 1. The lowest BCUT2D eigenvalue weighted by atomic mass is 10.4. The molecule has 0 saturated carbocycles. The Hall–Kier alpha value is -1.65. The van der Waals surface area contributed by atoms with Crippen molar-refractivity contribution in [1.29, 1.82) is 0 Å². The van der Waals surface area contributed by atoms with Gasteiger partial charge in [0.2, 0.25) is 0 Å². The Morgan fingerprint density at radius 2 is 2.44 bits per heavy atom. The molecule has 0 spiro atoms. The number of rotatable bonds is 4. The number of halogens is 1. The van der Waals surface area contributed by atoms with E-state index in [1.54, 1.807) is 11.7 Å². The quantitative estimate of drug-likeness (QED) is 0.870. The monoisotopic (exact) mass is 324 g/mol. The summed E-state index contributed by atoms with van der Waals surface area (Å²) in [7, 11) is 0. The van der Waals surface area contributed by atoms with Crippen molar-refractivity contribution >= 4 is 33.0 Å². The zero-order valence-electron chi connectivity index (χ0n) is 9.26. The van der Waals surface area contributed by atoms with Crippen LogP contribution in [0.1, 0.15) is 5.69 Å². The van der Waals surface area contributed by atoms with Crippen molar-refractivity contribution in [3.8, 4) is 12.3 Å². The normalized spacial score (nSPS) is 10.0. The number of hydrogen-bond acceptors (Lipinski definition) is 5. The van der Waals surface area contributed by atoms with E-state index >= 15 is 0 Å². The molecule has 0 unspecified atom stereocenters. The van der Waals surface area contributed by atoms with E-state index in [-0.39, 0.29) is 12.1 Å². The fourth-order valence-corrected chi connectivity index (χ4v) is 2.30. The molecule has 2 heterocycles. The summed E-state index contributed by atoms with van der Waals surface area (Å²) in [5.74, 6) is 2.38. The van der Waals surface area contributed by atoms with Crippen LogP contribution in [0.2, 0.25) is 0 Å². The highest BCUT2D eigenvalue weighted by Crippen LogP contribution is 2.17. The van der Waals surface area contributed by atoms with Gasteiger partial charge in [0.25, 0.3) is 5.56 Å². The van der Waals surface area contributed by atoms with E-state index < -0.39 is 0 Å². The molecular weight excluding hydrogens is 316 g/mol. The summed E-state index contributed by atoms with van der Waals surface area (Å²) < 4.78 is 1.64. The second kappa shape index (κ2) is 5.80. The zero-order chi connectivity index (χ0) is 13.0. The van der Waals surface area contributed by atoms with Gasteiger partial charge in [0, 0.05) is 5.38 Å². The Kier molecular flexibility index (Phi) is 4.12. The molecule has 2 aromatic rings. The van der Waals surface area contributed by atoms with Gasteiger partial charge < -0.3 is 5.32 Å². The molecule has 0 bridgehead atoms. The van der Waals surface area contributed by atoms with E-state index in [4.69, 9.17) is 6.42 Å². The third-order valence-electron chi connectivity index (χ3n) is 2.17. The molecule has 1 N–H and O–H groups in total. The van der Waals surface area contributed by atoms with Crippen molar-refractivity contribution in [3.63, 3.8) is 0 Å². The van der Waals surface area contributed by atoms with Gasteiger partial charge in [0.1, 0.15) is 11.0 Å². The van der Waals surface area contributed by atoms with Crippen LogP contribution in [0.15, 0.2) is 26.4 Å². The van der Waals surface area contributed by atoms with Crippen LogP contribution in [-0.2, 0) is 13.1 Å². The number of anilines is 1. The third kappa shape index (κ3) is 2.78. The number of terminal acetylenes is 1. The summed E-state index contributed by atoms with van der Waals surface area (Å²) in [6.07, 6.45) is 6.72. The van der Waals surface area contributed by atoms with Crippen molar-refractivity contribution in [2.45, 2.75) is 13.1 Å². The van der Waals surface area contributed by atoms with Crippen LogP contribution in [-0.4, -0.2) is 14.8 Å². The molecule has 0 aliphatic heterocycles. The maximum atomic E-state index is 11.8. The third-order valence-corrected chi connectivity index (χ3v) is 3.57. The predicted molar refractivity (Wildman–Crippen MR) is 74.5 cm³/mol. The van der Waals surface area contributed by atoms with Gasteiger partial charge in [0.05, 0.1) is 29.6 Å². The maximum Gasteiger partial charge on any atom is 0.284 e. The highest BCUT2D eigenvalue weighted by atomic mass is 79.9. The molecule has 0 aliphatic rings. The first-order chi connectivity index (χ1) is 8.72. The molecule has 0 saturated heterocycles. The second-order valence-corrected chi connectivity index (χ2v) is 4.88. The van der Waals surface area contributed by atoms with E-state index in [2.05, 4.69) is 37.2 Å². The summed E-state index contributed by atoms with van der Waals surface area (Å²) in [5, 5.41) is 9.01. The molecular formula is C11H9BrN4OS. The average molecular weight is 325 g/mol. The van der Waals surface area contributed by atoms with E-state index in [1.165, 1.54) is 16.0 Å². The fourth-order valence-electron chi connectivity index (χ4n) is 1.30. The van der Waals surface area contributed by atoms with Crippen LogP contribution in [0.3, 0.4) is 0 Å². The number of nitrogens with zero attached hydrogens (tertiary/aromatic N) is 3. The molecule has 0 radical (unpaired) electrons. The van der Waals surface area contributed by atoms with E-state index in [0.29, 0.717) is 16.7 Å².